The van der Waals surface area contributed by atoms with Crippen molar-refractivity contribution < 1.29 is 13.2 Å². The Hall–Kier alpha value is -0.290. The highest BCUT2D eigenvalue weighted by Crippen LogP contribution is 2.16. The van der Waals surface area contributed by atoms with E-state index in [0.29, 0.717) is 12.6 Å². The van der Waals surface area contributed by atoms with Gasteiger partial charge in [0.15, 0.2) is 0 Å². The van der Waals surface area contributed by atoms with Crippen LogP contribution in [-0.4, -0.2) is 43.8 Å². The minimum atomic E-state index is -4.07. The van der Waals surface area contributed by atoms with E-state index in [-0.39, 0.29) is 0 Å². The van der Waals surface area contributed by atoms with Gasteiger partial charge < -0.3 is 5.32 Å². The Morgan fingerprint density at radius 1 is 1.43 bits per heavy atom. The first-order valence-corrected chi connectivity index (χ1v) is 4.96. The molecule has 1 rings (SSSR count). The largest absolute Gasteiger partial charge is 0.401 e. The molecule has 1 aliphatic rings. The van der Waals surface area contributed by atoms with E-state index in [9.17, 15) is 13.2 Å². The molecule has 1 aliphatic heterocycles. The summed E-state index contributed by atoms with van der Waals surface area (Å²) in [5, 5.41) is 3.27. The lowest BCUT2D eigenvalue weighted by molar-refractivity contribution is -0.143. The topological polar surface area (TPSA) is 15.3 Å². The van der Waals surface area contributed by atoms with E-state index in [1.165, 1.54) is 11.9 Å². The van der Waals surface area contributed by atoms with E-state index < -0.39 is 12.7 Å². The molecular formula is C9H17F3N2. The van der Waals surface area contributed by atoms with Crippen LogP contribution in [0.3, 0.4) is 0 Å². The molecule has 84 valence electrons. The number of alkyl halides is 3. The van der Waals surface area contributed by atoms with Gasteiger partial charge >= 0.3 is 6.18 Å². The van der Waals surface area contributed by atoms with Gasteiger partial charge in [0.2, 0.25) is 0 Å². The van der Waals surface area contributed by atoms with Crippen LogP contribution in [0.15, 0.2) is 0 Å². The van der Waals surface area contributed by atoms with Crippen molar-refractivity contribution in [2.24, 2.45) is 0 Å². The molecule has 1 unspecified atom stereocenters. The molecular weight excluding hydrogens is 193 g/mol. The zero-order valence-corrected chi connectivity index (χ0v) is 8.40. The lowest BCUT2D eigenvalue weighted by Crippen LogP contribution is -2.34. The monoisotopic (exact) mass is 210 g/mol. The van der Waals surface area contributed by atoms with Crippen LogP contribution < -0.4 is 5.32 Å². The van der Waals surface area contributed by atoms with Crippen LogP contribution in [0.1, 0.15) is 19.3 Å². The minimum absolute atomic E-state index is 0.422. The van der Waals surface area contributed by atoms with Crippen LogP contribution in [0, 0.1) is 0 Å². The molecule has 1 saturated heterocycles. The standard InChI is InChI=1S/C9H17F3N2/c1-14(7-9(10,11)12)6-4-8-3-2-5-13-8/h8,13H,2-7H2,1H3. The second kappa shape index (κ2) is 4.98. The van der Waals surface area contributed by atoms with Crippen molar-refractivity contribution in [3.8, 4) is 0 Å². The zero-order valence-electron chi connectivity index (χ0n) is 8.40. The second-order valence-electron chi connectivity index (χ2n) is 3.93. The maximum Gasteiger partial charge on any atom is 0.401 e. The molecule has 0 bridgehead atoms. The fraction of sp³-hybridized carbons (Fsp3) is 1.00. The van der Waals surface area contributed by atoms with Gasteiger partial charge in [-0.05, 0) is 39.4 Å². The number of hydrogen-bond acceptors (Lipinski definition) is 2. The van der Waals surface area contributed by atoms with E-state index >= 15 is 0 Å². The van der Waals surface area contributed by atoms with Crippen LogP contribution in [0.5, 0.6) is 0 Å². The number of hydrogen-bond donors (Lipinski definition) is 1. The molecule has 0 spiro atoms. The zero-order chi connectivity index (χ0) is 10.6. The highest BCUT2D eigenvalue weighted by Gasteiger charge is 2.29. The van der Waals surface area contributed by atoms with Crippen molar-refractivity contribution in [1.29, 1.82) is 0 Å². The van der Waals surface area contributed by atoms with Crippen LogP contribution in [-0.2, 0) is 0 Å². The highest BCUT2D eigenvalue weighted by atomic mass is 19.4. The average molecular weight is 210 g/mol. The molecule has 0 aromatic carbocycles. The normalized spacial score (nSPS) is 23.4. The third kappa shape index (κ3) is 4.81. The molecule has 0 radical (unpaired) electrons. The van der Waals surface area contributed by atoms with Crippen molar-refractivity contribution in [3.05, 3.63) is 0 Å². The Kier molecular flexibility index (Phi) is 4.19. The summed E-state index contributed by atoms with van der Waals surface area (Å²) in [5.74, 6) is 0. The SMILES string of the molecule is CN(CCC1CCCN1)CC(F)(F)F. The van der Waals surface area contributed by atoms with Gasteiger partial charge in [-0.1, -0.05) is 0 Å². The van der Waals surface area contributed by atoms with Crippen LogP contribution >= 0.6 is 0 Å². The average Bonchev–Trinajstić information content (AvgIpc) is 2.49. The lowest BCUT2D eigenvalue weighted by atomic mass is 10.1. The van der Waals surface area contributed by atoms with Crippen molar-refractivity contribution in [3.63, 3.8) is 0 Å². The smallest absolute Gasteiger partial charge is 0.314 e. The summed E-state index contributed by atoms with van der Waals surface area (Å²) in [6, 6.07) is 0.422. The lowest BCUT2D eigenvalue weighted by Gasteiger charge is -2.20. The molecule has 14 heavy (non-hydrogen) atoms. The number of rotatable bonds is 4. The van der Waals surface area contributed by atoms with Crippen LogP contribution in [0.4, 0.5) is 13.2 Å². The Morgan fingerprint density at radius 3 is 2.64 bits per heavy atom. The Bertz CT molecular complexity index is 164. The first kappa shape index (κ1) is 11.8. The Balaban J connectivity index is 2.11. The van der Waals surface area contributed by atoms with Gasteiger partial charge in [-0.3, -0.25) is 4.90 Å². The molecule has 1 atom stereocenters. The molecule has 0 aromatic rings. The van der Waals surface area contributed by atoms with Gasteiger partial charge in [0.05, 0.1) is 6.54 Å². The van der Waals surface area contributed by atoms with E-state index in [0.717, 1.165) is 25.8 Å². The van der Waals surface area contributed by atoms with E-state index in [1.54, 1.807) is 0 Å². The van der Waals surface area contributed by atoms with E-state index in [4.69, 9.17) is 0 Å². The quantitative estimate of drug-likeness (QED) is 0.758. The predicted molar refractivity (Wildman–Crippen MR) is 49.2 cm³/mol. The first-order chi connectivity index (χ1) is 6.47. The van der Waals surface area contributed by atoms with Crippen molar-refractivity contribution in [2.45, 2.75) is 31.5 Å². The first-order valence-electron chi connectivity index (χ1n) is 4.96. The van der Waals surface area contributed by atoms with E-state index in [2.05, 4.69) is 5.32 Å². The maximum atomic E-state index is 11.9. The van der Waals surface area contributed by atoms with E-state index in [1.807, 2.05) is 0 Å². The molecule has 1 heterocycles. The summed E-state index contributed by atoms with van der Waals surface area (Å²) in [7, 11) is 1.52. The van der Waals surface area contributed by atoms with Gasteiger partial charge in [0.1, 0.15) is 0 Å². The van der Waals surface area contributed by atoms with Crippen LogP contribution in [0.2, 0.25) is 0 Å². The maximum absolute atomic E-state index is 11.9. The van der Waals surface area contributed by atoms with Gasteiger partial charge in [-0.25, -0.2) is 0 Å². The molecule has 1 fully saturated rings. The molecule has 0 saturated carbocycles. The second-order valence-corrected chi connectivity index (χ2v) is 3.93. The Morgan fingerprint density at radius 2 is 2.14 bits per heavy atom. The van der Waals surface area contributed by atoms with Gasteiger partial charge in [0.25, 0.3) is 0 Å². The third-order valence-corrected chi connectivity index (χ3v) is 2.47. The summed E-state index contributed by atoms with van der Waals surface area (Å²) in [4.78, 5) is 1.33. The third-order valence-electron chi connectivity index (χ3n) is 2.47. The summed E-state index contributed by atoms with van der Waals surface area (Å²) in [5.41, 5.74) is 0. The summed E-state index contributed by atoms with van der Waals surface area (Å²) < 4.78 is 35.8. The predicted octanol–water partition coefficient (Wildman–Crippen LogP) is 1.62. The van der Waals surface area contributed by atoms with Crippen molar-refractivity contribution in [1.82, 2.24) is 10.2 Å². The van der Waals surface area contributed by atoms with Crippen molar-refractivity contribution in [2.75, 3.05) is 26.7 Å². The summed E-state index contributed by atoms with van der Waals surface area (Å²) >= 11 is 0. The molecule has 0 amide bonds. The number of nitrogens with one attached hydrogen (secondary N) is 1. The Labute approximate surface area is 82.5 Å². The van der Waals surface area contributed by atoms with Crippen LogP contribution in [0.25, 0.3) is 0 Å². The minimum Gasteiger partial charge on any atom is -0.314 e. The summed E-state index contributed by atoms with van der Waals surface area (Å²) in [6.45, 7) is 0.713. The fourth-order valence-electron chi connectivity index (χ4n) is 1.76. The summed E-state index contributed by atoms with van der Waals surface area (Å²) in [6.07, 6.45) is -1.02. The molecule has 2 nitrogen and oxygen atoms in total. The van der Waals surface area contributed by atoms with Gasteiger partial charge in [-0.2, -0.15) is 13.2 Å². The van der Waals surface area contributed by atoms with Crippen molar-refractivity contribution >= 4 is 0 Å². The molecule has 0 aromatic heterocycles. The van der Waals surface area contributed by atoms with Gasteiger partial charge in [-0.15, -0.1) is 0 Å². The number of halogens is 3. The fourth-order valence-corrected chi connectivity index (χ4v) is 1.76. The highest BCUT2D eigenvalue weighted by molar-refractivity contribution is 4.75. The molecule has 0 aliphatic carbocycles. The molecule has 5 heteroatoms. The number of nitrogens with zero attached hydrogens (tertiary/aromatic N) is 1. The molecule has 1 N–H and O–H groups in total. The van der Waals surface area contributed by atoms with Gasteiger partial charge in [0, 0.05) is 6.04 Å².